The van der Waals surface area contributed by atoms with Crippen LogP contribution >= 0.6 is 0 Å². The van der Waals surface area contributed by atoms with E-state index in [-0.39, 0.29) is 19.1 Å². The van der Waals surface area contributed by atoms with E-state index in [1.807, 2.05) is 48.5 Å². The molecule has 0 fully saturated rings. The molecule has 0 radical (unpaired) electrons. The lowest BCUT2D eigenvalue weighted by molar-refractivity contribution is -0.0633. The third kappa shape index (κ3) is 27.2. The zero-order valence-electron chi connectivity index (χ0n) is 61.1. The van der Waals surface area contributed by atoms with Gasteiger partial charge in [-0.2, -0.15) is 5.26 Å². The highest BCUT2D eigenvalue weighted by atomic mass is 16.7. The van der Waals surface area contributed by atoms with Crippen LogP contribution in [0.2, 0.25) is 0 Å². The van der Waals surface area contributed by atoms with E-state index in [2.05, 4.69) is 169 Å². The summed E-state index contributed by atoms with van der Waals surface area (Å²) in [6.45, 7) is 17.3. The molecule has 0 spiro atoms. The lowest BCUT2D eigenvalue weighted by atomic mass is 9.79. The number of rotatable bonds is 43. The molecule has 0 aliphatic heterocycles. The summed E-state index contributed by atoms with van der Waals surface area (Å²) in [7, 11) is 0. The van der Waals surface area contributed by atoms with Crippen LogP contribution in [-0.4, -0.2) is 58.4 Å². The van der Waals surface area contributed by atoms with Gasteiger partial charge in [-0.05, 0) is 237 Å². The van der Waals surface area contributed by atoms with Crippen LogP contribution in [0.15, 0.2) is 237 Å². The number of hydrogen-bond acceptors (Lipinski definition) is 11. The number of ether oxygens (including phenoxy) is 8. The Balaban J connectivity index is 0.000000279. The zero-order valence-corrected chi connectivity index (χ0v) is 61.1. The van der Waals surface area contributed by atoms with Crippen molar-refractivity contribution in [3.63, 3.8) is 0 Å². The predicted molar refractivity (Wildman–Crippen MR) is 411 cm³/mol. The van der Waals surface area contributed by atoms with Crippen molar-refractivity contribution < 1.29 is 47.5 Å². The Morgan fingerprint density at radius 1 is 0.392 bits per heavy atom. The molecule has 102 heavy (non-hydrogen) atoms. The van der Waals surface area contributed by atoms with Gasteiger partial charge in [0.2, 0.25) is 0 Å². The minimum Gasteiger partial charge on any atom is -0.494 e. The number of carbonyl (C=O) groups is 2. The van der Waals surface area contributed by atoms with Crippen molar-refractivity contribution in [2.45, 2.75) is 162 Å². The summed E-state index contributed by atoms with van der Waals surface area (Å²) >= 11 is 0. The van der Waals surface area contributed by atoms with E-state index in [4.69, 9.17) is 43.2 Å². The van der Waals surface area contributed by atoms with Gasteiger partial charge in [0, 0.05) is 18.8 Å². The number of nitriles is 1. The van der Waals surface area contributed by atoms with Crippen molar-refractivity contribution in [3.8, 4) is 45.9 Å². The van der Waals surface area contributed by atoms with E-state index >= 15 is 0 Å². The monoisotopic (exact) mass is 1370 g/mol. The van der Waals surface area contributed by atoms with Gasteiger partial charge in [0.05, 0.1) is 49.2 Å². The van der Waals surface area contributed by atoms with Gasteiger partial charge in [-0.15, -0.1) is 0 Å². The van der Waals surface area contributed by atoms with E-state index < -0.39 is 11.9 Å². The van der Waals surface area contributed by atoms with Gasteiger partial charge in [0.1, 0.15) is 42.1 Å². The van der Waals surface area contributed by atoms with E-state index in [1.54, 1.807) is 66.7 Å². The first-order valence-electron chi connectivity index (χ1n) is 37.2. The van der Waals surface area contributed by atoms with Gasteiger partial charge >= 0.3 is 11.9 Å². The molecular formula is C91H107NO10. The minimum absolute atomic E-state index is 0.0518. The Hall–Kier alpha value is -9.31. The van der Waals surface area contributed by atoms with E-state index in [1.165, 1.54) is 47.9 Å². The number of unbranched alkanes of at least 4 members (excludes halogenated alkanes) is 2. The van der Waals surface area contributed by atoms with Crippen molar-refractivity contribution >= 4 is 11.9 Å². The van der Waals surface area contributed by atoms with E-state index in [0.717, 1.165) is 87.7 Å². The second kappa shape index (κ2) is 44.8. The molecule has 6 unspecified atom stereocenters. The summed E-state index contributed by atoms with van der Waals surface area (Å²) < 4.78 is 47.0. The summed E-state index contributed by atoms with van der Waals surface area (Å²) in [4.78, 5) is 26.4. The topological polar surface area (TPSA) is 132 Å². The Bertz CT molecular complexity index is 3810. The van der Waals surface area contributed by atoms with Crippen molar-refractivity contribution in [1.29, 1.82) is 5.26 Å². The fraction of sp³-hybridized carbons (Fsp3) is 0.374. The Morgan fingerprint density at radius 2 is 0.804 bits per heavy atom. The molecule has 0 aliphatic rings. The Morgan fingerprint density at radius 3 is 1.25 bits per heavy atom. The lowest BCUT2D eigenvalue weighted by Crippen LogP contribution is -2.13. The maximum Gasteiger partial charge on any atom is 0.343 e. The molecule has 0 aromatic heterocycles. The average molecular weight is 1370 g/mol. The predicted octanol–water partition coefficient (Wildman–Crippen LogP) is 22.9. The van der Waals surface area contributed by atoms with Crippen molar-refractivity contribution in [1.82, 2.24) is 0 Å². The molecule has 536 valence electrons. The maximum absolute atomic E-state index is 13.3. The fourth-order valence-corrected chi connectivity index (χ4v) is 13.0. The highest BCUT2D eigenvalue weighted by Crippen LogP contribution is 2.38. The maximum atomic E-state index is 13.3. The largest absolute Gasteiger partial charge is 0.494 e. The van der Waals surface area contributed by atoms with Gasteiger partial charge in [-0.25, -0.2) is 9.59 Å². The molecule has 0 amide bonds. The molecule has 6 atom stereocenters. The average Bonchev–Trinajstić information content (AvgIpc) is 0.867. The fourth-order valence-electron chi connectivity index (χ4n) is 13.0. The number of carbonyl (C=O) groups excluding carboxylic acids is 2. The molecule has 9 rings (SSSR count). The second-order valence-electron chi connectivity index (χ2n) is 26.7. The van der Waals surface area contributed by atoms with Gasteiger partial charge in [0.15, 0.2) is 0 Å². The minimum atomic E-state index is -0.530. The van der Waals surface area contributed by atoms with Crippen molar-refractivity contribution in [3.05, 3.63) is 281 Å². The van der Waals surface area contributed by atoms with Crippen LogP contribution in [0.4, 0.5) is 0 Å². The van der Waals surface area contributed by atoms with Crippen LogP contribution < -0.4 is 23.7 Å². The van der Waals surface area contributed by atoms with Crippen LogP contribution in [0.3, 0.4) is 0 Å². The quantitative estimate of drug-likeness (QED) is 0.0157. The highest BCUT2D eigenvalue weighted by molar-refractivity contribution is 5.92. The first kappa shape index (κ1) is 78.4. The standard InChI is InChI=1S/C53H64O8.C38H43NO2/c1-5-8-33-58-48-26-22-45(23-27-48)52(54)60-50-30-31-51(61-53(55)46-24-28-49(29-25-46)59-34-9-6-2)47(37-50)38-57-39-56-32-16-17-41(35-40(4)43-18-12-10-13-19-43)36-42(7-3)44-20-14-11-15-21-44;1-3-33(35-14-8-5-9-15-35)28-32(27-30(2)34-12-6-4-7-13-34)11-10-24-40-25-26-41-38-22-20-37(21-23-38)36-18-16-31(29-39)17-19-36/h10-15,18-31,37,40-42H,5-9,16-17,32-36,38-39H2,1-4H3;4-9,12-23,30,32-33H,3,10-11,24-28H2,1-2H3. The normalized spacial score (nSPS) is 12.8. The molecular weight excluding hydrogens is 1270 g/mol. The summed E-state index contributed by atoms with van der Waals surface area (Å²) in [5.41, 5.74) is 9.83. The third-order valence-electron chi connectivity index (χ3n) is 19.0. The Kier molecular flexibility index (Phi) is 34.5. The molecule has 0 saturated heterocycles. The molecule has 0 aliphatic carbocycles. The third-order valence-corrected chi connectivity index (χ3v) is 19.0. The Labute approximate surface area is 608 Å². The summed E-state index contributed by atoms with van der Waals surface area (Å²) in [6.07, 6.45) is 15.1. The van der Waals surface area contributed by atoms with Crippen LogP contribution in [0.1, 0.15) is 209 Å². The van der Waals surface area contributed by atoms with E-state index in [9.17, 15) is 9.59 Å². The molecule has 0 N–H and O–H groups in total. The van der Waals surface area contributed by atoms with Gasteiger partial charge in [-0.3, -0.25) is 0 Å². The first-order valence-corrected chi connectivity index (χ1v) is 37.2. The number of esters is 2. The molecule has 0 bridgehead atoms. The number of nitrogens with zero attached hydrogens (tertiary/aromatic N) is 1. The summed E-state index contributed by atoms with van der Waals surface area (Å²) in [5, 5.41) is 8.98. The zero-order chi connectivity index (χ0) is 71.8. The first-order chi connectivity index (χ1) is 50.0. The SMILES string of the molecule is CCC(CC(CCCOCCOc1ccc(-c2ccc(C#N)cc2)cc1)CC(C)c1ccccc1)c1ccccc1.CCCCOc1ccc(C(=O)Oc2ccc(OC(=O)c3ccc(OCCCC)cc3)c(COCOCCCC(CC(C)c3ccccc3)CC(CC)c3ccccc3)c2)cc1. The summed E-state index contributed by atoms with van der Waals surface area (Å²) in [5.74, 6) is 5.07. The molecule has 9 aromatic carbocycles. The molecule has 11 nitrogen and oxygen atoms in total. The smallest absolute Gasteiger partial charge is 0.343 e. The van der Waals surface area contributed by atoms with Gasteiger partial charge in [0.25, 0.3) is 0 Å². The number of hydrogen-bond donors (Lipinski definition) is 0. The van der Waals surface area contributed by atoms with Gasteiger partial charge in [-0.1, -0.05) is 200 Å². The molecule has 0 heterocycles. The van der Waals surface area contributed by atoms with Crippen molar-refractivity contribution in [2.24, 2.45) is 11.8 Å². The second-order valence-corrected chi connectivity index (χ2v) is 26.7. The van der Waals surface area contributed by atoms with Crippen LogP contribution in [0.25, 0.3) is 11.1 Å². The summed E-state index contributed by atoms with van der Waals surface area (Å²) in [6, 6.07) is 80.1. The highest BCUT2D eigenvalue weighted by Gasteiger charge is 2.23. The van der Waals surface area contributed by atoms with Crippen molar-refractivity contribution in [2.75, 3.05) is 46.4 Å². The van der Waals surface area contributed by atoms with E-state index in [0.29, 0.717) is 108 Å². The molecule has 11 heteroatoms. The van der Waals surface area contributed by atoms with Crippen LogP contribution in [-0.2, 0) is 20.8 Å². The number of benzene rings is 9. The molecule has 0 saturated carbocycles. The van der Waals surface area contributed by atoms with Crippen LogP contribution in [0.5, 0.6) is 28.7 Å². The molecule has 9 aromatic rings. The van der Waals surface area contributed by atoms with Crippen LogP contribution in [0, 0.1) is 23.2 Å². The van der Waals surface area contributed by atoms with Gasteiger partial charge < -0.3 is 37.9 Å². The lowest BCUT2D eigenvalue weighted by Gasteiger charge is -2.26.